The Labute approximate surface area is 172 Å². The molecular formula is C22H28FN3O2S. The van der Waals surface area contributed by atoms with Gasteiger partial charge in [-0.05, 0) is 36.0 Å². The predicted molar refractivity (Wildman–Crippen MR) is 114 cm³/mol. The molecule has 7 heteroatoms. The molecule has 0 aromatic heterocycles. The van der Waals surface area contributed by atoms with E-state index >= 15 is 0 Å². The van der Waals surface area contributed by atoms with Crippen molar-refractivity contribution < 1.29 is 12.8 Å². The van der Waals surface area contributed by atoms with Crippen LogP contribution in [0.3, 0.4) is 0 Å². The van der Waals surface area contributed by atoms with Gasteiger partial charge in [-0.2, -0.15) is 0 Å². The number of likely N-dealkylation sites (tertiary alicyclic amines) is 1. The second-order valence-corrected chi connectivity index (χ2v) is 9.53. The minimum atomic E-state index is -3.69. The molecule has 1 heterocycles. The van der Waals surface area contributed by atoms with Crippen molar-refractivity contribution in [3.05, 3.63) is 66.0 Å². The van der Waals surface area contributed by atoms with E-state index in [0.717, 1.165) is 25.6 Å². The molecule has 2 aromatic rings. The highest BCUT2D eigenvalue weighted by atomic mass is 32.2. The third kappa shape index (κ3) is 5.15. The predicted octanol–water partition coefficient (Wildman–Crippen LogP) is 3.30. The SMILES string of the molecule is CN=C(NCCS(=O)(=O)c1ccccc1F)N1CCC(c2ccccc2)C(C)C1. The van der Waals surface area contributed by atoms with Gasteiger partial charge in [-0.25, -0.2) is 12.8 Å². The summed E-state index contributed by atoms with van der Waals surface area (Å²) in [6.45, 7) is 4.11. The van der Waals surface area contributed by atoms with E-state index in [2.05, 4.69) is 46.4 Å². The lowest BCUT2D eigenvalue weighted by Crippen LogP contribution is -2.48. The lowest BCUT2D eigenvalue weighted by Gasteiger charge is -2.38. The lowest BCUT2D eigenvalue weighted by molar-refractivity contribution is 0.235. The van der Waals surface area contributed by atoms with Gasteiger partial charge in [-0.1, -0.05) is 49.4 Å². The van der Waals surface area contributed by atoms with E-state index in [9.17, 15) is 12.8 Å². The molecule has 2 aromatic carbocycles. The van der Waals surface area contributed by atoms with Crippen LogP contribution in [0.1, 0.15) is 24.8 Å². The number of halogens is 1. The van der Waals surface area contributed by atoms with Crippen molar-refractivity contribution in [3.63, 3.8) is 0 Å². The first-order valence-electron chi connectivity index (χ1n) is 9.90. The zero-order chi connectivity index (χ0) is 20.9. The van der Waals surface area contributed by atoms with Crippen LogP contribution in [-0.2, 0) is 9.84 Å². The summed E-state index contributed by atoms with van der Waals surface area (Å²) in [7, 11) is -2.00. The quantitative estimate of drug-likeness (QED) is 0.599. The molecule has 5 nitrogen and oxygen atoms in total. The first-order valence-corrected chi connectivity index (χ1v) is 11.6. The largest absolute Gasteiger partial charge is 0.355 e. The zero-order valence-corrected chi connectivity index (χ0v) is 17.7. The van der Waals surface area contributed by atoms with Crippen molar-refractivity contribution in [3.8, 4) is 0 Å². The van der Waals surface area contributed by atoms with Crippen molar-refractivity contribution in [1.82, 2.24) is 10.2 Å². The van der Waals surface area contributed by atoms with E-state index in [1.54, 1.807) is 7.05 Å². The highest BCUT2D eigenvalue weighted by molar-refractivity contribution is 7.91. The van der Waals surface area contributed by atoms with Crippen molar-refractivity contribution in [2.75, 3.05) is 32.4 Å². The Morgan fingerprint density at radius 2 is 1.86 bits per heavy atom. The van der Waals surface area contributed by atoms with Crippen LogP contribution in [0.5, 0.6) is 0 Å². The first-order chi connectivity index (χ1) is 13.9. The van der Waals surface area contributed by atoms with E-state index in [1.807, 2.05) is 6.07 Å². The molecule has 1 aliphatic heterocycles. The van der Waals surface area contributed by atoms with Crippen LogP contribution in [0.25, 0.3) is 0 Å². The normalized spacial score (nSPS) is 20.5. The molecule has 0 saturated carbocycles. The number of rotatable bonds is 5. The van der Waals surface area contributed by atoms with E-state index < -0.39 is 15.7 Å². The summed E-state index contributed by atoms with van der Waals surface area (Å²) < 4.78 is 38.7. The fraction of sp³-hybridized carbons (Fsp3) is 0.409. The summed E-state index contributed by atoms with van der Waals surface area (Å²) in [5, 5.41) is 3.13. The Morgan fingerprint density at radius 3 is 2.52 bits per heavy atom. The number of benzene rings is 2. The summed E-state index contributed by atoms with van der Waals surface area (Å²) in [5.41, 5.74) is 1.36. The molecular weight excluding hydrogens is 389 g/mol. The molecule has 0 bridgehead atoms. The Balaban J connectivity index is 1.57. The van der Waals surface area contributed by atoms with Crippen molar-refractivity contribution in [2.45, 2.75) is 24.2 Å². The molecule has 1 saturated heterocycles. The van der Waals surface area contributed by atoms with Gasteiger partial charge >= 0.3 is 0 Å². The van der Waals surface area contributed by atoms with Gasteiger partial charge in [0, 0.05) is 26.7 Å². The minimum absolute atomic E-state index is 0.177. The van der Waals surface area contributed by atoms with Crippen molar-refractivity contribution >= 4 is 15.8 Å². The average Bonchev–Trinajstić information content (AvgIpc) is 2.72. The highest BCUT2D eigenvalue weighted by Crippen LogP contribution is 2.32. The van der Waals surface area contributed by atoms with Crippen molar-refractivity contribution in [1.29, 1.82) is 0 Å². The number of aliphatic imine (C=N–C) groups is 1. The molecule has 0 spiro atoms. The number of nitrogens with one attached hydrogen (secondary N) is 1. The fourth-order valence-electron chi connectivity index (χ4n) is 3.97. The van der Waals surface area contributed by atoms with Gasteiger partial charge in [-0.3, -0.25) is 4.99 Å². The molecule has 156 valence electrons. The van der Waals surface area contributed by atoms with Crippen molar-refractivity contribution in [2.24, 2.45) is 10.9 Å². The number of nitrogens with zero attached hydrogens (tertiary/aromatic N) is 2. The average molecular weight is 418 g/mol. The Bertz CT molecular complexity index is 948. The number of guanidine groups is 1. The molecule has 1 fully saturated rings. The molecule has 1 aliphatic rings. The lowest BCUT2D eigenvalue weighted by atomic mass is 9.82. The molecule has 2 unspecified atom stereocenters. The van der Waals surface area contributed by atoms with Crippen LogP contribution in [0.2, 0.25) is 0 Å². The minimum Gasteiger partial charge on any atom is -0.355 e. The van der Waals surface area contributed by atoms with Crippen LogP contribution in [0.15, 0.2) is 64.5 Å². The number of hydrogen-bond acceptors (Lipinski definition) is 3. The molecule has 2 atom stereocenters. The van der Waals surface area contributed by atoms with Gasteiger partial charge in [0.15, 0.2) is 15.8 Å². The van der Waals surface area contributed by atoms with Gasteiger partial charge < -0.3 is 10.2 Å². The third-order valence-electron chi connectivity index (χ3n) is 5.47. The molecule has 29 heavy (non-hydrogen) atoms. The molecule has 0 amide bonds. The van der Waals surface area contributed by atoms with Crippen LogP contribution in [0.4, 0.5) is 4.39 Å². The molecule has 0 radical (unpaired) electrons. The topological polar surface area (TPSA) is 61.8 Å². The van der Waals surface area contributed by atoms with E-state index in [0.29, 0.717) is 17.8 Å². The van der Waals surface area contributed by atoms with Crippen LogP contribution >= 0.6 is 0 Å². The van der Waals surface area contributed by atoms with Gasteiger partial charge in [0.05, 0.1) is 5.75 Å². The number of hydrogen-bond donors (Lipinski definition) is 1. The van der Waals surface area contributed by atoms with Gasteiger partial charge in [0.1, 0.15) is 10.7 Å². The zero-order valence-electron chi connectivity index (χ0n) is 16.9. The fourth-order valence-corrected chi connectivity index (χ4v) is 5.21. The first kappa shape index (κ1) is 21.3. The maximum absolute atomic E-state index is 13.8. The smallest absolute Gasteiger partial charge is 0.193 e. The van der Waals surface area contributed by atoms with Gasteiger partial charge in [-0.15, -0.1) is 0 Å². The highest BCUT2D eigenvalue weighted by Gasteiger charge is 2.29. The summed E-state index contributed by atoms with van der Waals surface area (Å²) in [5.74, 6) is 0.739. The Hall–Kier alpha value is -2.41. The van der Waals surface area contributed by atoms with Crippen LogP contribution in [-0.4, -0.2) is 51.7 Å². The summed E-state index contributed by atoms with van der Waals surface area (Å²) >= 11 is 0. The standard InChI is InChI=1S/C22H28FN3O2S/c1-17-16-26(14-12-19(17)18-8-4-3-5-9-18)22(24-2)25-13-15-29(27,28)21-11-7-6-10-20(21)23/h3-11,17,19H,12-16H2,1-2H3,(H,24,25). The maximum atomic E-state index is 13.8. The van der Waals surface area contributed by atoms with E-state index in [1.165, 1.54) is 23.8 Å². The van der Waals surface area contributed by atoms with E-state index in [4.69, 9.17) is 0 Å². The van der Waals surface area contributed by atoms with E-state index in [-0.39, 0.29) is 17.2 Å². The Morgan fingerprint density at radius 1 is 1.17 bits per heavy atom. The van der Waals surface area contributed by atoms with Crippen LogP contribution < -0.4 is 5.32 Å². The second kappa shape index (κ2) is 9.39. The molecule has 3 rings (SSSR count). The summed E-state index contributed by atoms with van der Waals surface area (Å²) in [4.78, 5) is 6.23. The molecule has 1 N–H and O–H groups in total. The maximum Gasteiger partial charge on any atom is 0.193 e. The number of piperidine rings is 1. The Kier molecular flexibility index (Phi) is 6.90. The van der Waals surface area contributed by atoms with Gasteiger partial charge in [0.2, 0.25) is 0 Å². The summed E-state index contributed by atoms with van der Waals surface area (Å²) in [6.07, 6.45) is 1.01. The third-order valence-corrected chi connectivity index (χ3v) is 7.21. The second-order valence-electron chi connectivity index (χ2n) is 7.45. The molecule has 0 aliphatic carbocycles. The summed E-state index contributed by atoms with van der Waals surface area (Å²) in [6, 6.07) is 16.0. The van der Waals surface area contributed by atoms with Gasteiger partial charge in [0.25, 0.3) is 0 Å². The monoisotopic (exact) mass is 417 g/mol. The number of sulfone groups is 1. The van der Waals surface area contributed by atoms with Crippen LogP contribution in [0, 0.1) is 11.7 Å².